The van der Waals surface area contributed by atoms with Crippen molar-refractivity contribution in [1.82, 2.24) is 9.62 Å². The van der Waals surface area contributed by atoms with E-state index in [0.29, 0.717) is 18.3 Å². The van der Waals surface area contributed by atoms with Gasteiger partial charge < -0.3 is 9.73 Å². The van der Waals surface area contributed by atoms with Crippen LogP contribution < -0.4 is 5.32 Å². The van der Waals surface area contributed by atoms with Crippen LogP contribution in [0.15, 0.2) is 21.6 Å². The Kier molecular flexibility index (Phi) is 4.12. The third-order valence-electron chi connectivity index (χ3n) is 4.42. The van der Waals surface area contributed by atoms with Crippen LogP contribution in [-0.4, -0.2) is 30.8 Å². The van der Waals surface area contributed by atoms with Crippen molar-refractivity contribution >= 4 is 10.0 Å². The Hall–Kier alpha value is -0.850. The molecule has 3 rings (SSSR count). The van der Waals surface area contributed by atoms with Gasteiger partial charge in [0.05, 0.1) is 6.54 Å². The monoisotopic (exact) mass is 312 g/mol. The van der Waals surface area contributed by atoms with Crippen LogP contribution in [0.5, 0.6) is 0 Å². The van der Waals surface area contributed by atoms with Crippen molar-refractivity contribution in [3.8, 4) is 0 Å². The Bertz CT molecular complexity index is 582. The number of sulfonamides is 1. The highest BCUT2D eigenvalue weighted by molar-refractivity contribution is 7.89. The molecule has 1 aromatic heterocycles. The molecule has 0 bridgehead atoms. The highest BCUT2D eigenvalue weighted by Crippen LogP contribution is 2.30. The molecule has 1 aliphatic carbocycles. The van der Waals surface area contributed by atoms with Crippen LogP contribution in [0.25, 0.3) is 0 Å². The molecule has 1 N–H and O–H groups in total. The summed E-state index contributed by atoms with van der Waals surface area (Å²) in [6, 6.07) is 4.01. The van der Waals surface area contributed by atoms with Crippen LogP contribution in [0.4, 0.5) is 0 Å². The number of hydrogen-bond acceptors (Lipinski definition) is 4. The van der Waals surface area contributed by atoms with Gasteiger partial charge in [0.25, 0.3) is 10.0 Å². The molecule has 0 unspecified atom stereocenters. The van der Waals surface area contributed by atoms with Crippen molar-refractivity contribution in [3.63, 3.8) is 0 Å². The van der Waals surface area contributed by atoms with Gasteiger partial charge in [-0.05, 0) is 51.7 Å². The highest BCUT2D eigenvalue weighted by atomic mass is 32.2. The quantitative estimate of drug-likeness (QED) is 0.907. The Morgan fingerprint density at radius 1 is 1.19 bits per heavy atom. The van der Waals surface area contributed by atoms with E-state index < -0.39 is 10.0 Å². The lowest BCUT2D eigenvalue weighted by Gasteiger charge is -2.36. The summed E-state index contributed by atoms with van der Waals surface area (Å²) in [5.74, 6) is 0.692. The van der Waals surface area contributed by atoms with Gasteiger partial charge >= 0.3 is 0 Å². The zero-order valence-corrected chi connectivity index (χ0v) is 13.5. The molecule has 0 spiro atoms. The van der Waals surface area contributed by atoms with Crippen LogP contribution >= 0.6 is 0 Å². The molecule has 0 aromatic carbocycles. The molecule has 0 amide bonds. The highest BCUT2D eigenvalue weighted by Gasteiger charge is 2.37. The van der Waals surface area contributed by atoms with E-state index in [1.165, 1.54) is 12.8 Å². The molecule has 1 aromatic rings. The van der Waals surface area contributed by atoms with E-state index in [1.807, 2.05) is 13.8 Å². The van der Waals surface area contributed by atoms with Crippen molar-refractivity contribution < 1.29 is 12.8 Å². The summed E-state index contributed by atoms with van der Waals surface area (Å²) in [4.78, 5) is 0. The standard InChI is InChI=1S/C15H24N2O3S/c1-11-4-3-5-12(2)17(11)21(18,19)15-9-8-14(20-15)10-16-13-6-7-13/h8-9,11-13,16H,3-7,10H2,1-2H3/t11-,12+. The second-order valence-electron chi connectivity index (χ2n) is 6.34. The fraction of sp³-hybridized carbons (Fsp3) is 0.733. The maximum atomic E-state index is 12.8. The molecular formula is C15H24N2O3S. The van der Waals surface area contributed by atoms with Gasteiger partial charge in [0.1, 0.15) is 5.76 Å². The molecule has 118 valence electrons. The van der Waals surface area contributed by atoms with Gasteiger partial charge in [-0.3, -0.25) is 0 Å². The van der Waals surface area contributed by atoms with Crippen molar-refractivity contribution in [2.75, 3.05) is 0 Å². The van der Waals surface area contributed by atoms with Gasteiger partial charge in [0.2, 0.25) is 5.09 Å². The Balaban J connectivity index is 1.76. The van der Waals surface area contributed by atoms with E-state index in [2.05, 4.69) is 5.32 Å². The van der Waals surface area contributed by atoms with Gasteiger partial charge in [-0.2, -0.15) is 4.31 Å². The number of furan rings is 1. The van der Waals surface area contributed by atoms with E-state index in [4.69, 9.17) is 4.42 Å². The number of rotatable bonds is 5. The molecule has 2 fully saturated rings. The van der Waals surface area contributed by atoms with E-state index in [0.717, 1.165) is 19.3 Å². The molecular weight excluding hydrogens is 288 g/mol. The summed E-state index contributed by atoms with van der Waals surface area (Å²) in [5.41, 5.74) is 0. The Morgan fingerprint density at radius 2 is 1.86 bits per heavy atom. The van der Waals surface area contributed by atoms with E-state index in [-0.39, 0.29) is 17.2 Å². The topological polar surface area (TPSA) is 62.6 Å². The maximum absolute atomic E-state index is 12.8. The average Bonchev–Trinajstić information content (AvgIpc) is 3.12. The fourth-order valence-corrected chi connectivity index (χ4v) is 4.92. The Labute approximate surface area is 126 Å². The van der Waals surface area contributed by atoms with Crippen molar-refractivity contribution in [2.24, 2.45) is 0 Å². The summed E-state index contributed by atoms with van der Waals surface area (Å²) >= 11 is 0. The lowest BCUT2D eigenvalue weighted by Crippen LogP contribution is -2.47. The first kappa shape index (κ1) is 15.1. The third-order valence-corrected chi connectivity index (χ3v) is 6.43. The van der Waals surface area contributed by atoms with E-state index in [9.17, 15) is 8.42 Å². The van der Waals surface area contributed by atoms with Crippen molar-refractivity contribution in [1.29, 1.82) is 0 Å². The number of nitrogens with one attached hydrogen (secondary N) is 1. The number of nitrogens with zero attached hydrogens (tertiary/aromatic N) is 1. The normalized spacial score (nSPS) is 27.9. The summed E-state index contributed by atoms with van der Waals surface area (Å²) in [6.45, 7) is 4.56. The Morgan fingerprint density at radius 3 is 2.48 bits per heavy atom. The molecule has 6 heteroatoms. The molecule has 2 atom stereocenters. The summed E-state index contributed by atoms with van der Waals surface area (Å²) in [7, 11) is -3.52. The first-order chi connectivity index (χ1) is 9.98. The lowest BCUT2D eigenvalue weighted by atomic mass is 10.0. The predicted octanol–water partition coefficient (Wildman–Crippen LogP) is 2.48. The first-order valence-corrected chi connectivity index (χ1v) is 9.28. The van der Waals surface area contributed by atoms with Gasteiger partial charge in [0, 0.05) is 18.1 Å². The molecule has 2 heterocycles. The smallest absolute Gasteiger partial charge is 0.276 e. The average molecular weight is 312 g/mol. The van der Waals surface area contributed by atoms with Crippen molar-refractivity contribution in [2.45, 2.75) is 75.7 Å². The van der Waals surface area contributed by atoms with Crippen LogP contribution in [-0.2, 0) is 16.6 Å². The molecule has 1 aliphatic heterocycles. The second-order valence-corrected chi connectivity index (χ2v) is 8.11. The molecule has 5 nitrogen and oxygen atoms in total. The number of hydrogen-bond donors (Lipinski definition) is 1. The SMILES string of the molecule is C[C@@H]1CCC[C@H](C)N1S(=O)(=O)c1ccc(CNC2CC2)o1. The molecule has 1 saturated heterocycles. The lowest BCUT2D eigenvalue weighted by molar-refractivity contribution is 0.199. The molecule has 1 saturated carbocycles. The maximum Gasteiger partial charge on any atom is 0.276 e. The zero-order chi connectivity index (χ0) is 15.0. The third kappa shape index (κ3) is 3.17. The van der Waals surface area contributed by atoms with Gasteiger partial charge in [0.15, 0.2) is 0 Å². The summed E-state index contributed by atoms with van der Waals surface area (Å²) < 4.78 is 32.8. The van der Waals surface area contributed by atoms with Crippen molar-refractivity contribution in [3.05, 3.63) is 17.9 Å². The van der Waals surface area contributed by atoms with Crippen LogP contribution in [0, 0.1) is 0 Å². The summed E-state index contributed by atoms with van der Waals surface area (Å²) in [6.07, 6.45) is 5.33. The van der Waals surface area contributed by atoms with Crippen LogP contribution in [0.1, 0.15) is 51.7 Å². The molecule has 0 radical (unpaired) electrons. The molecule has 21 heavy (non-hydrogen) atoms. The van der Waals surface area contributed by atoms with Gasteiger partial charge in [-0.15, -0.1) is 0 Å². The van der Waals surface area contributed by atoms with Gasteiger partial charge in [-0.25, -0.2) is 8.42 Å². The van der Waals surface area contributed by atoms with E-state index >= 15 is 0 Å². The second kappa shape index (κ2) is 5.74. The van der Waals surface area contributed by atoms with E-state index in [1.54, 1.807) is 16.4 Å². The molecule has 2 aliphatic rings. The largest absolute Gasteiger partial charge is 0.447 e. The fourth-order valence-electron chi connectivity index (χ4n) is 3.10. The summed E-state index contributed by atoms with van der Waals surface area (Å²) in [5, 5.41) is 3.41. The minimum Gasteiger partial charge on any atom is -0.447 e. The first-order valence-electron chi connectivity index (χ1n) is 7.84. The van der Waals surface area contributed by atoms with Crippen LogP contribution in [0.3, 0.4) is 0 Å². The minimum absolute atomic E-state index is 0.0388. The minimum atomic E-state index is -3.52. The number of piperidine rings is 1. The predicted molar refractivity (Wildman–Crippen MR) is 80.4 cm³/mol. The van der Waals surface area contributed by atoms with Crippen LogP contribution in [0.2, 0.25) is 0 Å². The zero-order valence-electron chi connectivity index (χ0n) is 12.7. The van der Waals surface area contributed by atoms with Gasteiger partial charge in [-0.1, -0.05) is 6.42 Å².